The SMILES string of the molecule is COC(=O)[C@@H](CC(C)C)Nc1nc(NCc2ccc(OC)cc2)nc(Nc2cccc(F)c2)n1. The van der Waals surface area contributed by atoms with Crippen LogP contribution in [0.2, 0.25) is 0 Å². The molecule has 0 aliphatic rings. The number of methoxy groups -OCH3 is 2. The van der Waals surface area contributed by atoms with Crippen molar-refractivity contribution in [2.45, 2.75) is 32.9 Å². The van der Waals surface area contributed by atoms with Crippen LogP contribution in [0.25, 0.3) is 0 Å². The average Bonchev–Trinajstić information content (AvgIpc) is 2.82. The molecule has 0 aliphatic heterocycles. The molecule has 0 aliphatic carbocycles. The maximum Gasteiger partial charge on any atom is 0.328 e. The average molecular weight is 469 g/mol. The minimum atomic E-state index is -0.635. The third-order valence-electron chi connectivity index (χ3n) is 4.82. The number of ether oxygens (including phenoxy) is 2. The van der Waals surface area contributed by atoms with Gasteiger partial charge in [-0.3, -0.25) is 0 Å². The molecule has 3 N–H and O–H groups in total. The van der Waals surface area contributed by atoms with Gasteiger partial charge in [0.25, 0.3) is 0 Å². The van der Waals surface area contributed by atoms with Crippen molar-refractivity contribution >= 4 is 29.5 Å². The molecule has 0 fully saturated rings. The zero-order valence-corrected chi connectivity index (χ0v) is 19.6. The Hall–Kier alpha value is -3.95. The molecular formula is C24H29FN6O3. The molecule has 0 unspecified atom stereocenters. The van der Waals surface area contributed by atoms with Crippen molar-refractivity contribution in [2.24, 2.45) is 5.92 Å². The number of nitrogens with one attached hydrogen (secondary N) is 3. The van der Waals surface area contributed by atoms with E-state index < -0.39 is 17.8 Å². The van der Waals surface area contributed by atoms with E-state index in [4.69, 9.17) is 9.47 Å². The summed E-state index contributed by atoms with van der Waals surface area (Å²) in [5.41, 5.74) is 1.47. The maximum absolute atomic E-state index is 13.6. The second kappa shape index (κ2) is 11.8. The van der Waals surface area contributed by atoms with Gasteiger partial charge in [-0.15, -0.1) is 0 Å². The summed E-state index contributed by atoms with van der Waals surface area (Å²) >= 11 is 0. The monoisotopic (exact) mass is 468 g/mol. The van der Waals surface area contributed by atoms with E-state index in [1.54, 1.807) is 19.2 Å². The Bertz CT molecular complexity index is 1090. The summed E-state index contributed by atoms with van der Waals surface area (Å²) in [4.78, 5) is 25.4. The first-order valence-corrected chi connectivity index (χ1v) is 10.9. The number of esters is 1. The lowest BCUT2D eigenvalue weighted by Crippen LogP contribution is -2.33. The Morgan fingerprint density at radius 3 is 2.35 bits per heavy atom. The molecule has 10 heteroatoms. The molecule has 0 saturated heterocycles. The Balaban J connectivity index is 1.85. The summed E-state index contributed by atoms with van der Waals surface area (Å²) in [6.45, 7) is 4.45. The fourth-order valence-corrected chi connectivity index (χ4v) is 3.18. The fraction of sp³-hybridized carbons (Fsp3) is 0.333. The highest BCUT2D eigenvalue weighted by molar-refractivity contribution is 5.78. The first-order chi connectivity index (χ1) is 16.4. The van der Waals surface area contributed by atoms with Crippen LogP contribution < -0.4 is 20.7 Å². The summed E-state index contributed by atoms with van der Waals surface area (Å²) in [6, 6.07) is 12.9. The van der Waals surface area contributed by atoms with Crippen molar-refractivity contribution in [2.75, 3.05) is 30.2 Å². The minimum absolute atomic E-state index is 0.183. The lowest BCUT2D eigenvalue weighted by atomic mass is 10.0. The standard InChI is InChI=1S/C24H29FN6O3/c1-15(2)12-20(21(32)34-4)28-24-30-22(26-14-16-8-10-19(33-3)11-9-16)29-23(31-24)27-18-7-5-6-17(25)13-18/h5-11,13,15,20H,12,14H2,1-4H3,(H3,26,27,28,29,30,31)/t20-/m1/s1. The molecular weight excluding hydrogens is 439 g/mol. The predicted molar refractivity (Wildman–Crippen MR) is 129 cm³/mol. The van der Waals surface area contributed by atoms with Crippen LogP contribution in [-0.2, 0) is 16.1 Å². The number of halogens is 1. The van der Waals surface area contributed by atoms with E-state index in [9.17, 15) is 9.18 Å². The van der Waals surface area contributed by atoms with Gasteiger partial charge < -0.3 is 25.4 Å². The van der Waals surface area contributed by atoms with Crippen LogP contribution in [0.1, 0.15) is 25.8 Å². The summed E-state index contributed by atoms with van der Waals surface area (Å²) in [6.07, 6.45) is 0.527. The fourth-order valence-electron chi connectivity index (χ4n) is 3.18. The molecule has 3 aromatic rings. The largest absolute Gasteiger partial charge is 0.497 e. The molecule has 34 heavy (non-hydrogen) atoms. The minimum Gasteiger partial charge on any atom is -0.497 e. The second-order valence-corrected chi connectivity index (χ2v) is 7.99. The number of anilines is 4. The smallest absolute Gasteiger partial charge is 0.328 e. The highest BCUT2D eigenvalue weighted by Crippen LogP contribution is 2.19. The molecule has 180 valence electrons. The van der Waals surface area contributed by atoms with Gasteiger partial charge in [0.2, 0.25) is 17.8 Å². The van der Waals surface area contributed by atoms with Crippen LogP contribution in [0.15, 0.2) is 48.5 Å². The summed E-state index contributed by atoms with van der Waals surface area (Å²) in [5.74, 6) is 0.836. The quantitative estimate of drug-likeness (QED) is 0.353. The predicted octanol–water partition coefficient (Wildman–Crippen LogP) is 4.37. The van der Waals surface area contributed by atoms with Gasteiger partial charge in [-0.05, 0) is 48.2 Å². The van der Waals surface area contributed by atoms with Crippen molar-refractivity contribution in [1.82, 2.24) is 15.0 Å². The van der Waals surface area contributed by atoms with E-state index in [0.29, 0.717) is 18.7 Å². The molecule has 0 bridgehead atoms. The van der Waals surface area contributed by atoms with Crippen molar-refractivity contribution in [1.29, 1.82) is 0 Å². The number of rotatable bonds is 11. The van der Waals surface area contributed by atoms with Gasteiger partial charge >= 0.3 is 5.97 Å². The highest BCUT2D eigenvalue weighted by Gasteiger charge is 2.22. The molecule has 0 amide bonds. The van der Waals surface area contributed by atoms with Crippen molar-refractivity contribution in [3.05, 3.63) is 59.9 Å². The number of carbonyl (C=O) groups is 1. The number of aromatic nitrogens is 3. The number of carbonyl (C=O) groups excluding carboxylic acids is 1. The van der Waals surface area contributed by atoms with Crippen LogP contribution in [-0.4, -0.2) is 41.2 Å². The molecule has 1 heterocycles. The van der Waals surface area contributed by atoms with Crippen LogP contribution in [0.5, 0.6) is 5.75 Å². The van der Waals surface area contributed by atoms with Gasteiger partial charge in [0.1, 0.15) is 17.6 Å². The zero-order chi connectivity index (χ0) is 24.5. The van der Waals surface area contributed by atoms with Gasteiger partial charge in [-0.25, -0.2) is 9.18 Å². The summed E-state index contributed by atoms with van der Waals surface area (Å²) in [7, 11) is 2.95. The second-order valence-electron chi connectivity index (χ2n) is 7.99. The Labute approximate surface area is 198 Å². The third-order valence-corrected chi connectivity index (χ3v) is 4.82. The van der Waals surface area contributed by atoms with Gasteiger partial charge in [-0.1, -0.05) is 32.0 Å². The lowest BCUT2D eigenvalue weighted by Gasteiger charge is -2.19. The third kappa shape index (κ3) is 7.29. The molecule has 2 aromatic carbocycles. The van der Waals surface area contributed by atoms with Gasteiger partial charge in [0, 0.05) is 12.2 Å². The topological polar surface area (TPSA) is 110 Å². The molecule has 0 spiro atoms. The van der Waals surface area contributed by atoms with Crippen LogP contribution in [0.4, 0.5) is 27.9 Å². The lowest BCUT2D eigenvalue weighted by molar-refractivity contribution is -0.141. The number of hydrogen-bond donors (Lipinski definition) is 3. The first kappa shape index (κ1) is 24.7. The molecule has 9 nitrogen and oxygen atoms in total. The van der Waals surface area contributed by atoms with E-state index in [2.05, 4.69) is 30.9 Å². The van der Waals surface area contributed by atoms with Crippen LogP contribution in [0, 0.1) is 11.7 Å². The van der Waals surface area contributed by atoms with E-state index in [0.717, 1.165) is 11.3 Å². The molecule has 0 radical (unpaired) electrons. The molecule has 1 atom stereocenters. The van der Waals surface area contributed by atoms with E-state index >= 15 is 0 Å². The van der Waals surface area contributed by atoms with Gasteiger partial charge in [-0.2, -0.15) is 15.0 Å². The van der Waals surface area contributed by atoms with Gasteiger partial charge in [0.05, 0.1) is 14.2 Å². The van der Waals surface area contributed by atoms with Crippen LogP contribution in [0.3, 0.4) is 0 Å². The van der Waals surface area contributed by atoms with E-state index in [-0.39, 0.29) is 23.8 Å². The maximum atomic E-state index is 13.6. The van der Waals surface area contributed by atoms with E-state index in [1.165, 1.54) is 19.2 Å². The van der Waals surface area contributed by atoms with Crippen molar-refractivity contribution in [3.63, 3.8) is 0 Å². The van der Waals surface area contributed by atoms with Crippen LogP contribution >= 0.6 is 0 Å². The number of nitrogens with zero attached hydrogens (tertiary/aromatic N) is 3. The number of benzene rings is 2. The van der Waals surface area contributed by atoms with Crippen molar-refractivity contribution in [3.8, 4) is 5.75 Å². The molecule has 3 rings (SSSR count). The Morgan fingerprint density at radius 1 is 1.00 bits per heavy atom. The summed E-state index contributed by atoms with van der Waals surface area (Å²) < 4.78 is 23.7. The highest BCUT2D eigenvalue weighted by atomic mass is 19.1. The zero-order valence-electron chi connectivity index (χ0n) is 19.6. The molecule has 0 saturated carbocycles. The Morgan fingerprint density at radius 2 is 1.71 bits per heavy atom. The Kier molecular flexibility index (Phi) is 8.55. The normalized spacial score (nSPS) is 11.6. The van der Waals surface area contributed by atoms with Gasteiger partial charge in [0.15, 0.2) is 0 Å². The summed E-state index contributed by atoms with van der Waals surface area (Å²) in [5, 5.41) is 9.19. The molecule has 1 aromatic heterocycles. The number of hydrogen-bond acceptors (Lipinski definition) is 9. The first-order valence-electron chi connectivity index (χ1n) is 10.9. The van der Waals surface area contributed by atoms with Crippen molar-refractivity contribution < 1.29 is 18.7 Å². The van der Waals surface area contributed by atoms with E-state index in [1.807, 2.05) is 38.1 Å².